The summed E-state index contributed by atoms with van der Waals surface area (Å²) in [5, 5.41) is 21.9. The highest BCUT2D eigenvalue weighted by Gasteiger charge is 2.39. The summed E-state index contributed by atoms with van der Waals surface area (Å²) < 4.78 is 0. The molecule has 1 saturated heterocycles. The molecule has 0 bridgehead atoms. The van der Waals surface area contributed by atoms with Gasteiger partial charge >= 0.3 is 0 Å². The van der Waals surface area contributed by atoms with Gasteiger partial charge in [-0.25, -0.2) is 0 Å². The van der Waals surface area contributed by atoms with Crippen molar-refractivity contribution in [1.29, 1.82) is 5.26 Å². The van der Waals surface area contributed by atoms with Gasteiger partial charge in [-0.05, 0) is 43.4 Å². The van der Waals surface area contributed by atoms with Crippen LogP contribution in [0.1, 0.15) is 31.7 Å². The summed E-state index contributed by atoms with van der Waals surface area (Å²) in [5.41, 5.74) is 2.13. The number of amides is 1. The number of hydrogen-bond acceptors (Lipinski definition) is 4. The molecule has 1 aliphatic carbocycles. The Labute approximate surface area is 130 Å². The number of nitrogens with zero attached hydrogens (tertiary/aromatic N) is 2. The molecule has 1 aromatic carbocycles. The number of hydrogen-bond donors (Lipinski definition) is 2. The van der Waals surface area contributed by atoms with Crippen molar-refractivity contribution in [3.8, 4) is 6.07 Å². The van der Waals surface area contributed by atoms with E-state index in [0.29, 0.717) is 17.2 Å². The minimum absolute atomic E-state index is 0.0465. The van der Waals surface area contributed by atoms with Gasteiger partial charge in [0.15, 0.2) is 0 Å². The second kappa shape index (κ2) is 5.98. The van der Waals surface area contributed by atoms with Gasteiger partial charge in [-0.15, -0.1) is 0 Å². The Balaban J connectivity index is 1.73. The van der Waals surface area contributed by atoms with Crippen molar-refractivity contribution >= 4 is 17.3 Å². The van der Waals surface area contributed by atoms with Crippen LogP contribution in [0.2, 0.25) is 0 Å². The normalized spacial score (nSPS) is 24.7. The number of piperidine rings is 1. The highest BCUT2D eigenvalue weighted by molar-refractivity contribution is 5.94. The van der Waals surface area contributed by atoms with Gasteiger partial charge in [-0.3, -0.25) is 4.79 Å². The van der Waals surface area contributed by atoms with E-state index < -0.39 is 0 Å². The van der Waals surface area contributed by atoms with Crippen LogP contribution in [0.3, 0.4) is 0 Å². The first-order valence-corrected chi connectivity index (χ1v) is 7.86. The SMILES string of the molecule is CC1CC1C(=O)Nc1ccc(N2CCC(O)CC2)c(C#N)c1. The summed E-state index contributed by atoms with van der Waals surface area (Å²) in [5.74, 6) is 0.633. The molecule has 1 amide bonds. The number of carbonyl (C=O) groups is 1. The van der Waals surface area contributed by atoms with Gasteiger partial charge in [0, 0.05) is 24.7 Å². The number of nitrogens with one attached hydrogen (secondary N) is 1. The number of anilines is 2. The fraction of sp³-hybridized carbons (Fsp3) is 0.529. The van der Waals surface area contributed by atoms with E-state index in [2.05, 4.69) is 23.2 Å². The van der Waals surface area contributed by atoms with Crippen LogP contribution in [0.5, 0.6) is 0 Å². The maximum Gasteiger partial charge on any atom is 0.227 e. The molecule has 2 N–H and O–H groups in total. The average Bonchev–Trinajstić information content (AvgIpc) is 3.25. The lowest BCUT2D eigenvalue weighted by atomic mass is 10.0. The van der Waals surface area contributed by atoms with E-state index in [1.54, 1.807) is 6.07 Å². The molecule has 1 aliphatic heterocycles. The van der Waals surface area contributed by atoms with E-state index in [1.165, 1.54) is 0 Å². The molecule has 2 fully saturated rings. The lowest BCUT2D eigenvalue weighted by molar-refractivity contribution is -0.117. The van der Waals surface area contributed by atoms with Crippen LogP contribution in [0.25, 0.3) is 0 Å². The first-order chi connectivity index (χ1) is 10.6. The molecule has 2 atom stereocenters. The summed E-state index contributed by atoms with van der Waals surface area (Å²) in [6, 6.07) is 7.70. The smallest absolute Gasteiger partial charge is 0.227 e. The second-order valence-corrected chi connectivity index (χ2v) is 6.37. The minimum atomic E-state index is -0.235. The van der Waals surface area contributed by atoms with E-state index in [0.717, 1.165) is 38.0 Å². The first kappa shape index (κ1) is 14.9. The molecule has 0 radical (unpaired) electrons. The largest absolute Gasteiger partial charge is 0.393 e. The first-order valence-electron chi connectivity index (χ1n) is 7.86. The van der Waals surface area contributed by atoms with Crippen molar-refractivity contribution in [2.45, 2.75) is 32.3 Å². The third-order valence-electron chi connectivity index (χ3n) is 4.64. The number of benzene rings is 1. The third kappa shape index (κ3) is 3.07. The number of aliphatic hydroxyl groups excluding tert-OH is 1. The van der Waals surface area contributed by atoms with Crippen LogP contribution in [-0.4, -0.2) is 30.2 Å². The van der Waals surface area contributed by atoms with Crippen LogP contribution in [-0.2, 0) is 4.79 Å². The molecule has 22 heavy (non-hydrogen) atoms. The molecule has 116 valence electrons. The Morgan fingerprint density at radius 2 is 2.09 bits per heavy atom. The number of aliphatic hydroxyl groups is 1. The van der Waals surface area contributed by atoms with E-state index in [1.807, 2.05) is 12.1 Å². The predicted molar refractivity (Wildman–Crippen MR) is 84.5 cm³/mol. The minimum Gasteiger partial charge on any atom is -0.393 e. The molecule has 1 aromatic rings. The molecule has 3 rings (SSSR count). The molecule has 2 aliphatic rings. The van der Waals surface area contributed by atoms with Crippen LogP contribution in [0.15, 0.2) is 18.2 Å². The Kier molecular flexibility index (Phi) is 4.04. The van der Waals surface area contributed by atoms with Crippen molar-refractivity contribution < 1.29 is 9.90 Å². The van der Waals surface area contributed by atoms with Gasteiger partial charge < -0.3 is 15.3 Å². The van der Waals surface area contributed by atoms with E-state index in [4.69, 9.17) is 0 Å². The summed E-state index contributed by atoms with van der Waals surface area (Å²) in [4.78, 5) is 14.1. The Hall–Kier alpha value is -2.06. The fourth-order valence-corrected chi connectivity index (χ4v) is 3.01. The quantitative estimate of drug-likeness (QED) is 0.896. The molecule has 5 nitrogen and oxygen atoms in total. The highest BCUT2D eigenvalue weighted by atomic mass is 16.3. The van der Waals surface area contributed by atoms with E-state index in [-0.39, 0.29) is 17.9 Å². The zero-order valence-corrected chi connectivity index (χ0v) is 12.7. The zero-order chi connectivity index (χ0) is 15.7. The van der Waals surface area contributed by atoms with Gasteiger partial charge in [-0.1, -0.05) is 6.92 Å². The fourth-order valence-electron chi connectivity index (χ4n) is 3.01. The molecule has 1 heterocycles. The van der Waals surface area contributed by atoms with Crippen molar-refractivity contribution in [2.75, 3.05) is 23.3 Å². The predicted octanol–water partition coefficient (Wildman–Crippen LogP) is 2.11. The molecule has 0 spiro atoms. The lowest BCUT2D eigenvalue weighted by Crippen LogP contribution is -2.36. The zero-order valence-electron chi connectivity index (χ0n) is 12.7. The Morgan fingerprint density at radius 1 is 1.41 bits per heavy atom. The molecular formula is C17H21N3O2. The van der Waals surface area contributed by atoms with Crippen LogP contribution in [0, 0.1) is 23.2 Å². The van der Waals surface area contributed by atoms with Crippen LogP contribution < -0.4 is 10.2 Å². The maximum atomic E-state index is 12.0. The topological polar surface area (TPSA) is 76.4 Å². The van der Waals surface area contributed by atoms with Gasteiger partial charge in [0.05, 0.1) is 17.4 Å². The molecule has 5 heteroatoms. The average molecular weight is 299 g/mol. The maximum absolute atomic E-state index is 12.0. The van der Waals surface area contributed by atoms with Crippen LogP contribution >= 0.6 is 0 Å². The molecule has 0 aromatic heterocycles. The standard InChI is InChI=1S/C17H21N3O2/c1-11-8-15(11)17(22)19-13-2-3-16(12(9-13)10-18)20-6-4-14(21)5-7-20/h2-3,9,11,14-15,21H,4-8H2,1H3,(H,19,22). The lowest BCUT2D eigenvalue weighted by Gasteiger charge is -2.32. The van der Waals surface area contributed by atoms with E-state index in [9.17, 15) is 15.2 Å². The van der Waals surface area contributed by atoms with Crippen molar-refractivity contribution in [2.24, 2.45) is 11.8 Å². The Bertz CT molecular complexity index is 615. The summed E-state index contributed by atoms with van der Waals surface area (Å²) in [7, 11) is 0. The van der Waals surface area contributed by atoms with Crippen molar-refractivity contribution in [3.05, 3.63) is 23.8 Å². The highest BCUT2D eigenvalue weighted by Crippen LogP contribution is 2.38. The third-order valence-corrected chi connectivity index (χ3v) is 4.64. The van der Waals surface area contributed by atoms with Gasteiger partial charge in [0.25, 0.3) is 0 Å². The number of rotatable bonds is 3. The van der Waals surface area contributed by atoms with E-state index >= 15 is 0 Å². The monoisotopic (exact) mass is 299 g/mol. The number of carbonyl (C=O) groups excluding carboxylic acids is 1. The second-order valence-electron chi connectivity index (χ2n) is 6.37. The summed E-state index contributed by atoms with van der Waals surface area (Å²) in [6.07, 6.45) is 2.16. The molecular weight excluding hydrogens is 278 g/mol. The summed E-state index contributed by atoms with van der Waals surface area (Å²) in [6.45, 7) is 3.57. The molecule has 1 saturated carbocycles. The molecule has 2 unspecified atom stereocenters. The number of nitriles is 1. The van der Waals surface area contributed by atoms with Crippen molar-refractivity contribution in [3.63, 3.8) is 0 Å². The van der Waals surface area contributed by atoms with Gasteiger partial charge in [-0.2, -0.15) is 5.26 Å². The Morgan fingerprint density at radius 3 is 2.68 bits per heavy atom. The van der Waals surface area contributed by atoms with Gasteiger partial charge in [0.2, 0.25) is 5.91 Å². The van der Waals surface area contributed by atoms with Gasteiger partial charge in [0.1, 0.15) is 6.07 Å². The van der Waals surface area contributed by atoms with Crippen molar-refractivity contribution in [1.82, 2.24) is 0 Å². The summed E-state index contributed by atoms with van der Waals surface area (Å²) >= 11 is 0. The van der Waals surface area contributed by atoms with Crippen LogP contribution in [0.4, 0.5) is 11.4 Å².